The monoisotopic (exact) mass is 168 g/mol. The molecule has 0 amide bonds. The Morgan fingerprint density at radius 1 is 1.50 bits per heavy atom. The van der Waals surface area contributed by atoms with Crippen molar-refractivity contribution in [2.45, 2.75) is 19.9 Å². The van der Waals surface area contributed by atoms with E-state index in [2.05, 4.69) is 4.98 Å². The largest absolute Gasteiger partial charge is 0.322 e. The molecule has 0 aliphatic rings. The fraction of sp³-hybridized carbons (Fsp3) is 0.444. The van der Waals surface area contributed by atoms with E-state index in [0.717, 1.165) is 0 Å². The van der Waals surface area contributed by atoms with Crippen LogP contribution in [0, 0.1) is 11.7 Å². The van der Waals surface area contributed by atoms with E-state index >= 15 is 0 Å². The van der Waals surface area contributed by atoms with Crippen LogP contribution in [0.4, 0.5) is 4.39 Å². The molecule has 0 saturated carbocycles. The number of pyridine rings is 1. The fourth-order valence-electron chi connectivity index (χ4n) is 0.959. The summed E-state index contributed by atoms with van der Waals surface area (Å²) in [6, 6.07) is 2.63. The summed E-state index contributed by atoms with van der Waals surface area (Å²) in [6.07, 6.45) is 1.56. The van der Waals surface area contributed by atoms with Crippen LogP contribution in [-0.2, 0) is 0 Å². The Balaban J connectivity index is 2.94. The normalized spacial score (nSPS) is 13.4. The summed E-state index contributed by atoms with van der Waals surface area (Å²) in [6.45, 7) is 3.89. The van der Waals surface area contributed by atoms with Gasteiger partial charge < -0.3 is 5.73 Å². The molecule has 12 heavy (non-hydrogen) atoms. The van der Waals surface area contributed by atoms with Crippen LogP contribution in [-0.4, -0.2) is 4.98 Å². The van der Waals surface area contributed by atoms with Crippen LogP contribution < -0.4 is 5.73 Å². The number of nitrogens with two attached hydrogens (primary N) is 1. The first kappa shape index (κ1) is 9.13. The van der Waals surface area contributed by atoms with Gasteiger partial charge in [-0.05, 0) is 18.1 Å². The highest BCUT2D eigenvalue weighted by molar-refractivity contribution is 5.11. The number of aromatic nitrogens is 1. The molecule has 0 radical (unpaired) electrons. The topological polar surface area (TPSA) is 38.9 Å². The summed E-state index contributed by atoms with van der Waals surface area (Å²) in [5, 5.41) is 0. The molecule has 0 aromatic carbocycles. The molecule has 2 nitrogen and oxygen atoms in total. The number of hydrogen-bond acceptors (Lipinski definition) is 2. The molecule has 66 valence electrons. The van der Waals surface area contributed by atoms with Crippen LogP contribution >= 0.6 is 0 Å². The summed E-state index contributed by atoms with van der Waals surface area (Å²) >= 11 is 0. The van der Waals surface area contributed by atoms with E-state index in [9.17, 15) is 4.39 Å². The Hall–Kier alpha value is -0.960. The molecular weight excluding hydrogens is 155 g/mol. The van der Waals surface area contributed by atoms with Gasteiger partial charge >= 0.3 is 0 Å². The zero-order valence-corrected chi connectivity index (χ0v) is 7.29. The second-order valence-corrected chi connectivity index (χ2v) is 3.14. The Morgan fingerprint density at radius 2 is 2.17 bits per heavy atom. The quantitative estimate of drug-likeness (QED) is 0.732. The van der Waals surface area contributed by atoms with Crippen molar-refractivity contribution in [2.24, 2.45) is 11.7 Å². The highest BCUT2D eigenvalue weighted by Crippen LogP contribution is 2.18. The number of hydrogen-bond donors (Lipinski definition) is 1. The lowest BCUT2D eigenvalue weighted by atomic mass is 10.0. The minimum Gasteiger partial charge on any atom is -0.322 e. The molecule has 0 aliphatic heterocycles. The maximum atomic E-state index is 13.1. The molecule has 1 heterocycles. The van der Waals surface area contributed by atoms with Gasteiger partial charge in [-0.15, -0.1) is 0 Å². The number of halogens is 1. The van der Waals surface area contributed by atoms with Gasteiger partial charge in [-0.2, -0.15) is 0 Å². The van der Waals surface area contributed by atoms with Gasteiger partial charge in [0.05, 0.1) is 11.7 Å². The SMILES string of the molecule is CC(C)[C@@H](N)c1ncccc1F. The zero-order chi connectivity index (χ0) is 9.14. The third-order valence-electron chi connectivity index (χ3n) is 1.82. The third-order valence-corrected chi connectivity index (χ3v) is 1.82. The molecule has 0 spiro atoms. The van der Waals surface area contributed by atoms with Gasteiger partial charge in [-0.1, -0.05) is 13.8 Å². The molecule has 0 bridgehead atoms. The first-order valence-electron chi connectivity index (χ1n) is 3.99. The van der Waals surface area contributed by atoms with Gasteiger partial charge in [-0.3, -0.25) is 4.98 Å². The lowest BCUT2D eigenvalue weighted by Gasteiger charge is -2.14. The van der Waals surface area contributed by atoms with Crippen molar-refractivity contribution in [3.63, 3.8) is 0 Å². The number of nitrogens with zero attached hydrogens (tertiary/aromatic N) is 1. The maximum absolute atomic E-state index is 13.1. The fourth-order valence-corrected chi connectivity index (χ4v) is 0.959. The molecule has 3 heteroatoms. The zero-order valence-electron chi connectivity index (χ0n) is 7.29. The molecule has 1 atom stereocenters. The van der Waals surface area contributed by atoms with E-state index in [1.807, 2.05) is 13.8 Å². The van der Waals surface area contributed by atoms with Crippen molar-refractivity contribution in [1.82, 2.24) is 4.98 Å². The molecule has 1 aromatic heterocycles. The molecule has 0 unspecified atom stereocenters. The minimum absolute atomic E-state index is 0.203. The first-order chi connectivity index (χ1) is 5.63. The highest BCUT2D eigenvalue weighted by atomic mass is 19.1. The molecule has 1 aromatic rings. The molecule has 0 aliphatic carbocycles. The summed E-state index contributed by atoms with van der Waals surface area (Å²) in [7, 11) is 0. The van der Waals surface area contributed by atoms with Gasteiger partial charge in [0.1, 0.15) is 5.82 Å². The van der Waals surface area contributed by atoms with E-state index in [4.69, 9.17) is 5.73 Å². The second-order valence-electron chi connectivity index (χ2n) is 3.14. The average molecular weight is 168 g/mol. The van der Waals surface area contributed by atoms with E-state index in [1.165, 1.54) is 6.07 Å². The van der Waals surface area contributed by atoms with Crippen LogP contribution in [0.2, 0.25) is 0 Å². The lowest BCUT2D eigenvalue weighted by molar-refractivity contribution is 0.471. The van der Waals surface area contributed by atoms with Crippen molar-refractivity contribution < 1.29 is 4.39 Å². The average Bonchev–Trinajstić information content (AvgIpc) is 2.04. The van der Waals surface area contributed by atoms with E-state index in [0.29, 0.717) is 5.69 Å². The molecule has 0 saturated heterocycles. The van der Waals surface area contributed by atoms with Crippen LogP contribution in [0.1, 0.15) is 25.6 Å². The van der Waals surface area contributed by atoms with Gasteiger partial charge in [0.15, 0.2) is 0 Å². The predicted octanol–water partition coefficient (Wildman–Crippen LogP) is 1.88. The summed E-state index contributed by atoms with van der Waals surface area (Å²) in [4.78, 5) is 3.90. The van der Waals surface area contributed by atoms with Crippen molar-refractivity contribution in [1.29, 1.82) is 0 Å². The van der Waals surface area contributed by atoms with Gasteiger partial charge in [-0.25, -0.2) is 4.39 Å². The summed E-state index contributed by atoms with van der Waals surface area (Å²) in [5.74, 6) is -0.117. The summed E-state index contributed by atoms with van der Waals surface area (Å²) in [5.41, 5.74) is 6.09. The van der Waals surface area contributed by atoms with E-state index < -0.39 is 0 Å². The van der Waals surface area contributed by atoms with Crippen LogP contribution in [0.5, 0.6) is 0 Å². The molecular formula is C9H13FN2. The molecule has 0 fully saturated rings. The lowest BCUT2D eigenvalue weighted by Crippen LogP contribution is -2.19. The van der Waals surface area contributed by atoms with Crippen molar-refractivity contribution in [3.05, 3.63) is 29.8 Å². The Bertz CT molecular complexity index is 260. The standard InChI is InChI=1S/C9H13FN2/c1-6(2)8(11)9-7(10)4-3-5-12-9/h3-6,8H,11H2,1-2H3/t8-/m1/s1. The Kier molecular flexibility index (Phi) is 2.76. The van der Waals surface area contributed by atoms with Crippen molar-refractivity contribution >= 4 is 0 Å². The van der Waals surface area contributed by atoms with Gasteiger partial charge in [0.25, 0.3) is 0 Å². The van der Waals surface area contributed by atoms with Crippen LogP contribution in [0.15, 0.2) is 18.3 Å². The predicted molar refractivity (Wildman–Crippen MR) is 46.0 cm³/mol. The van der Waals surface area contributed by atoms with Crippen molar-refractivity contribution in [3.8, 4) is 0 Å². The van der Waals surface area contributed by atoms with Gasteiger partial charge in [0, 0.05) is 6.20 Å². The Morgan fingerprint density at radius 3 is 2.67 bits per heavy atom. The first-order valence-corrected chi connectivity index (χ1v) is 3.99. The van der Waals surface area contributed by atoms with Crippen molar-refractivity contribution in [2.75, 3.05) is 0 Å². The third kappa shape index (κ3) is 1.80. The molecule has 2 N–H and O–H groups in total. The van der Waals surface area contributed by atoms with E-state index in [1.54, 1.807) is 12.3 Å². The van der Waals surface area contributed by atoms with Gasteiger partial charge in [0.2, 0.25) is 0 Å². The molecule has 1 rings (SSSR count). The van der Waals surface area contributed by atoms with Crippen LogP contribution in [0.3, 0.4) is 0 Å². The summed E-state index contributed by atoms with van der Waals surface area (Å²) < 4.78 is 13.1. The Labute approximate surface area is 71.6 Å². The second kappa shape index (κ2) is 3.63. The maximum Gasteiger partial charge on any atom is 0.146 e. The highest BCUT2D eigenvalue weighted by Gasteiger charge is 2.15. The van der Waals surface area contributed by atoms with Crippen LogP contribution in [0.25, 0.3) is 0 Å². The smallest absolute Gasteiger partial charge is 0.146 e. The number of rotatable bonds is 2. The van der Waals surface area contributed by atoms with E-state index in [-0.39, 0.29) is 17.8 Å². The minimum atomic E-state index is -0.321.